The Morgan fingerprint density at radius 3 is 2.47 bits per heavy atom. The van der Waals surface area contributed by atoms with Crippen molar-refractivity contribution in [2.45, 2.75) is 13.8 Å². The summed E-state index contributed by atoms with van der Waals surface area (Å²) in [5.74, 6) is 0.776. The van der Waals surface area contributed by atoms with Crippen molar-refractivity contribution in [2.75, 3.05) is 12.4 Å². The van der Waals surface area contributed by atoms with Gasteiger partial charge in [-0.25, -0.2) is 0 Å². The summed E-state index contributed by atoms with van der Waals surface area (Å²) in [5, 5.41) is 7.07. The molecule has 0 bridgehead atoms. The lowest BCUT2D eigenvalue weighted by atomic mass is 10.0. The Balaban J connectivity index is 2.43. The molecule has 0 saturated heterocycles. The molecule has 0 radical (unpaired) electrons. The quantitative estimate of drug-likeness (QED) is 0.870. The maximum Gasteiger partial charge on any atom is 0.190 e. The molecule has 0 amide bonds. The van der Waals surface area contributed by atoms with Gasteiger partial charge in [-0.1, -0.05) is 41.6 Å². The van der Waals surface area contributed by atoms with Crippen LogP contribution in [0.15, 0.2) is 35.4 Å². The van der Waals surface area contributed by atoms with Crippen LogP contribution in [0.1, 0.15) is 18.2 Å². The van der Waals surface area contributed by atoms with Crippen LogP contribution >= 0.6 is 0 Å². The number of allylic oxidation sites excluding steroid dienone is 1. The van der Waals surface area contributed by atoms with Gasteiger partial charge in [0.2, 0.25) is 0 Å². The number of aromatic nitrogens is 1. The number of nitrogens with one attached hydrogen (secondary N) is 1. The van der Waals surface area contributed by atoms with Gasteiger partial charge in [-0.2, -0.15) is 0 Å². The molecule has 0 fully saturated rings. The lowest BCUT2D eigenvalue weighted by Crippen LogP contribution is -1.90. The number of benzene rings is 1. The summed E-state index contributed by atoms with van der Waals surface area (Å²) in [4.78, 5) is 0. The van der Waals surface area contributed by atoms with E-state index in [-0.39, 0.29) is 0 Å². The molecule has 17 heavy (non-hydrogen) atoms. The summed E-state index contributed by atoms with van der Waals surface area (Å²) in [7, 11) is 1.87. The van der Waals surface area contributed by atoms with Gasteiger partial charge in [-0.3, -0.25) is 0 Å². The number of aryl methyl sites for hydroxylation is 1. The van der Waals surface area contributed by atoms with Crippen LogP contribution in [0.2, 0.25) is 0 Å². The number of anilines is 1. The number of hydrogen-bond acceptors (Lipinski definition) is 3. The largest absolute Gasteiger partial charge is 0.383 e. The Kier molecular flexibility index (Phi) is 3.00. The van der Waals surface area contributed by atoms with Crippen molar-refractivity contribution < 1.29 is 4.52 Å². The summed E-state index contributed by atoms with van der Waals surface area (Å²) in [6.45, 7) is 7.83. The zero-order valence-electron chi connectivity index (χ0n) is 10.4. The molecule has 0 unspecified atom stereocenters. The highest BCUT2D eigenvalue weighted by Crippen LogP contribution is 2.30. The van der Waals surface area contributed by atoms with Gasteiger partial charge in [0.1, 0.15) is 11.4 Å². The summed E-state index contributed by atoms with van der Waals surface area (Å²) in [6.07, 6.45) is 0. The predicted octanol–water partition coefficient (Wildman–Crippen LogP) is 3.72. The molecule has 2 rings (SSSR count). The predicted molar refractivity (Wildman–Crippen MR) is 70.9 cm³/mol. The first-order valence-electron chi connectivity index (χ1n) is 5.54. The van der Waals surface area contributed by atoms with Crippen LogP contribution in [-0.2, 0) is 0 Å². The van der Waals surface area contributed by atoms with E-state index in [0.717, 1.165) is 33.8 Å². The molecule has 0 aliphatic heterocycles. The number of nitrogens with zero attached hydrogens (tertiary/aromatic N) is 1. The van der Waals surface area contributed by atoms with Crippen LogP contribution in [0.4, 0.5) is 5.69 Å². The average Bonchev–Trinajstić information content (AvgIpc) is 2.70. The number of hydrogen-bond donors (Lipinski definition) is 1. The van der Waals surface area contributed by atoms with Gasteiger partial charge >= 0.3 is 0 Å². The Bertz CT molecular complexity index is 538. The molecule has 88 valence electrons. The SMILES string of the molecule is C=C(C)c1ccc(-c2onc(C)c2NC)cc1. The fraction of sp³-hybridized carbons (Fsp3) is 0.214. The van der Waals surface area contributed by atoms with E-state index in [2.05, 4.69) is 17.1 Å². The molecule has 0 atom stereocenters. The maximum atomic E-state index is 5.34. The Labute approximate surface area is 101 Å². The average molecular weight is 228 g/mol. The van der Waals surface area contributed by atoms with Crippen LogP contribution in [0, 0.1) is 6.92 Å². The van der Waals surface area contributed by atoms with Crippen molar-refractivity contribution in [3.05, 3.63) is 42.1 Å². The molecule has 0 aliphatic rings. The molecule has 1 aromatic carbocycles. The van der Waals surface area contributed by atoms with Crippen molar-refractivity contribution in [1.82, 2.24) is 5.16 Å². The molecule has 0 saturated carbocycles. The highest BCUT2D eigenvalue weighted by molar-refractivity contribution is 5.75. The Morgan fingerprint density at radius 1 is 1.29 bits per heavy atom. The van der Waals surface area contributed by atoms with Gasteiger partial charge in [-0.05, 0) is 19.4 Å². The van der Waals surface area contributed by atoms with Gasteiger partial charge < -0.3 is 9.84 Å². The van der Waals surface area contributed by atoms with Crippen LogP contribution in [-0.4, -0.2) is 12.2 Å². The summed E-state index contributed by atoms with van der Waals surface area (Å²) in [6, 6.07) is 8.11. The van der Waals surface area contributed by atoms with Crippen molar-refractivity contribution >= 4 is 11.3 Å². The van der Waals surface area contributed by atoms with E-state index in [1.165, 1.54) is 0 Å². The van der Waals surface area contributed by atoms with Gasteiger partial charge in [0.05, 0.1) is 0 Å². The normalized spacial score (nSPS) is 10.3. The standard InChI is InChI=1S/C14H16N2O/c1-9(2)11-5-7-12(8-6-11)14-13(15-4)10(3)16-17-14/h5-8,15H,1H2,2-4H3. The second-order valence-corrected chi connectivity index (χ2v) is 4.08. The topological polar surface area (TPSA) is 38.1 Å². The van der Waals surface area contributed by atoms with E-state index in [1.54, 1.807) is 0 Å². The second-order valence-electron chi connectivity index (χ2n) is 4.08. The van der Waals surface area contributed by atoms with Crippen molar-refractivity contribution in [1.29, 1.82) is 0 Å². The molecule has 0 aliphatic carbocycles. The zero-order valence-corrected chi connectivity index (χ0v) is 10.4. The molecule has 0 spiro atoms. The molecule has 3 nitrogen and oxygen atoms in total. The molecule has 1 N–H and O–H groups in total. The van der Waals surface area contributed by atoms with Gasteiger partial charge in [0, 0.05) is 12.6 Å². The van der Waals surface area contributed by atoms with Crippen LogP contribution in [0.25, 0.3) is 16.9 Å². The molecule has 2 aromatic rings. The summed E-state index contributed by atoms with van der Waals surface area (Å²) in [5.41, 5.74) is 5.01. The third-order valence-corrected chi connectivity index (χ3v) is 2.75. The molecule has 1 aromatic heterocycles. The van der Waals surface area contributed by atoms with Gasteiger partial charge in [-0.15, -0.1) is 0 Å². The summed E-state index contributed by atoms with van der Waals surface area (Å²) < 4.78 is 5.34. The Morgan fingerprint density at radius 2 is 1.94 bits per heavy atom. The second kappa shape index (κ2) is 4.45. The third-order valence-electron chi connectivity index (χ3n) is 2.75. The summed E-state index contributed by atoms with van der Waals surface area (Å²) >= 11 is 0. The monoisotopic (exact) mass is 228 g/mol. The molecular weight excluding hydrogens is 212 g/mol. The van der Waals surface area contributed by atoms with Gasteiger partial charge in [0.15, 0.2) is 5.76 Å². The lowest BCUT2D eigenvalue weighted by Gasteiger charge is -2.03. The first-order chi connectivity index (χ1) is 8.13. The van der Waals surface area contributed by atoms with E-state index in [1.807, 2.05) is 45.2 Å². The van der Waals surface area contributed by atoms with E-state index in [4.69, 9.17) is 4.52 Å². The van der Waals surface area contributed by atoms with Crippen LogP contribution < -0.4 is 5.32 Å². The minimum Gasteiger partial charge on any atom is -0.383 e. The van der Waals surface area contributed by atoms with Crippen molar-refractivity contribution in [2.24, 2.45) is 0 Å². The van der Waals surface area contributed by atoms with Crippen LogP contribution in [0.5, 0.6) is 0 Å². The van der Waals surface area contributed by atoms with Crippen LogP contribution in [0.3, 0.4) is 0 Å². The number of rotatable bonds is 3. The van der Waals surface area contributed by atoms with E-state index < -0.39 is 0 Å². The smallest absolute Gasteiger partial charge is 0.190 e. The highest BCUT2D eigenvalue weighted by atomic mass is 16.5. The van der Waals surface area contributed by atoms with E-state index >= 15 is 0 Å². The minimum absolute atomic E-state index is 0.776. The lowest BCUT2D eigenvalue weighted by molar-refractivity contribution is 0.427. The molecule has 1 heterocycles. The Hall–Kier alpha value is -2.03. The van der Waals surface area contributed by atoms with Gasteiger partial charge in [0.25, 0.3) is 0 Å². The van der Waals surface area contributed by atoms with Crippen molar-refractivity contribution in [3.63, 3.8) is 0 Å². The minimum atomic E-state index is 0.776. The highest BCUT2D eigenvalue weighted by Gasteiger charge is 2.13. The first-order valence-corrected chi connectivity index (χ1v) is 5.54. The fourth-order valence-corrected chi connectivity index (χ4v) is 1.77. The zero-order chi connectivity index (χ0) is 12.4. The van der Waals surface area contributed by atoms with E-state index in [9.17, 15) is 0 Å². The van der Waals surface area contributed by atoms with E-state index in [0.29, 0.717) is 0 Å². The third kappa shape index (κ3) is 2.09. The molecule has 3 heteroatoms. The fourth-order valence-electron chi connectivity index (χ4n) is 1.77. The van der Waals surface area contributed by atoms with Crippen molar-refractivity contribution in [3.8, 4) is 11.3 Å². The first kappa shape index (κ1) is 11.5. The molecular formula is C14H16N2O. The maximum absolute atomic E-state index is 5.34.